The Bertz CT molecular complexity index is 1120. The molecule has 0 bridgehead atoms. The van der Waals surface area contributed by atoms with Gasteiger partial charge in [0.05, 0.1) is 11.4 Å². The van der Waals surface area contributed by atoms with Gasteiger partial charge in [-0.1, -0.05) is 30.3 Å². The molecule has 27 heavy (non-hydrogen) atoms. The molecule has 5 nitrogen and oxygen atoms in total. The lowest BCUT2D eigenvalue weighted by Crippen LogP contribution is -2.32. The second kappa shape index (κ2) is 7.55. The first kappa shape index (κ1) is 17.2. The Balaban J connectivity index is 1.69. The second-order valence-corrected chi connectivity index (χ2v) is 7.16. The van der Waals surface area contributed by atoms with Crippen molar-refractivity contribution >= 4 is 28.1 Å². The molecule has 0 aliphatic rings. The van der Waals surface area contributed by atoms with Gasteiger partial charge in [0.15, 0.2) is 0 Å². The lowest BCUT2D eigenvalue weighted by Gasteiger charge is -2.22. The quantitative estimate of drug-likeness (QED) is 0.577. The third-order valence-corrected chi connectivity index (χ3v) is 5.16. The number of nitrogens with zero attached hydrogens (tertiary/aromatic N) is 2. The van der Waals surface area contributed by atoms with Crippen LogP contribution in [0.2, 0.25) is 0 Å². The molecule has 6 heteroatoms. The van der Waals surface area contributed by atoms with Crippen molar-refractivity contribution in [1.82, 2.24) is 14.9 Å². The lowest BCUT2D eigenvalue weighted by molar-refractivity contribution is 0.0734. The molecule has 0 unspecified atom stereocenters. The number of carbonyl (C=O) groups is 1. The highest BCUT2D eigenvalue weighted by Gasteiger charge is 2.19. The zero-order valence-corrected chi connectivity index (χ0v) is 15.3. The first-order chi connectivity index (χ1) is 13.2. The van der Waals surface area contributed by atoms with E-state index in [1.54, 1.807) is 23.4 Å². The molecule has 0 aliphatic carbocycles. The fourth-order valence-corrected chi connectivity index (χ4v) is 3.67. The zero-order valence-electron chi connectivity index (χ0n) is 14.5. The largest absolute Gasteiger partial charge is 0.329 e. The van der Waals surface area contributed by atoms with Crippen LogP contribution in [0, 0.1) is 0 Å². The lowest BCUT2D eigenvalue weighted by atomic mass is 10.1. The number of H-pyrrole nitrogens is 1. The van der Waals surface area contributed by atoms with Crippen LogP contribution >= 0.6 is 11.3 Å². The third kappa shape index (κ3) is 3.80. The summed E-state index contributed by atoms with van der Waals surface area (Å²) < 4.78 is 0. The molecule has 0 spiro atoms. The van der Waals surface area contributed by atoms with E-state index in [1.807, 2.05) is 53.9 Å². The Morgan fingerprint density at radius 1 is 1.07 bits per heavy atom. The van der Waals surface area contributed by atoms with Gasteiger partial charge in [-0.25, -0.2) is 0 Å². The van der Waals surface area contributed by atoms with E-state index in [9.17, 15) is 9.59 Å². The molecule has 0 atom stereocenters. The van der Waals surface area contributed by atoms with Crippen molar-refractivity contribution in [2.45, 2.75) is 13.1 Å². The molecule has 134 valence electrons. The monoisotopic (exact) mass is 375 g/mol. The number of para-hydroxylation sites is 1. The highest BCUT2D eigenvalue weighted by atomic mass is 32.1. The van der Waals surface area contributed by atoms with Gasteiger partial charge in [0.2, 0.25) is 0 Å². The molecule has 1 amide bonds. The molecule has 4 aromatic rings. The van der Waals surface area contributed by atoms with Gasteiger partial charge in [-0.15, -0.1) is 11.3 Å². The Morgan fingerprint density at radius 2 is 1.96 bits per heavy atom. The Kier molecular flexibility index (Phi) is 4.80. The fourth-order valence-electron chi connectivity index (χ4n) is 2.98. The number of nitrogens with one attached hydrogen (secondary N) is 1. The molecule has 0 saturated carbocycles. The maximum Gasteiger partial charge on any atom is 0.264 e. The average Bonchev–Trinajstić information content (AvgIpc) is 3.23. The van der Waals surface area contributed by atoms with E-state index in [1.165, 1.54) is 11.3 Å². The van der Waals surface area contributed by atoms with E-state index < -0.39 is 0 Å². The van der Waals surface area contributed by atoms with Gasteiger partial charge in [0.1, 0.15) is 0 Å². The van der Waals surface area contributed by atoms with Gasteiger partial charge in [0.25, 0.3) is 11.5 Å². The van der Waals surface area contributed by atoms with Crippen molar-refractivity contribution in [2.24, 2.45) is 0 Å². The number of fused-ring (bicyclic) bond motifs is 1. The number of thiophene rings is 1. The van der Waals surface area contributed by atoms with Crippen LogP contribution in [0.5, 0.6) is 0 Å². The molecule has 3 aromatic heterocycles. The number of aromatic nitrogens is 2. The van der Waals surface area contributed by atoms with Crippen molar-refractivity contribution in [3.63, 3.8) is 0 Å². The van der Waals surface area contributed by atoms with E-state index in [2.05, 4.69) is 9.97 Å². The van der Waals surface area contributed by atoms with Crippen molar-refractivity contribution < 1.29 is 4.79 Å². The average molecular weight is 375 g/mol. The summed E-state index contributed by atoms with van der Waals surface area (Å²) in [4.78, 5) is 34.9. The molecule has 4 rings (SSSR count). The van der Waals surface area contributed by atoms with Crippen LogP contribution < -0.4 is 5.56 Å². The van der Waals surface area contributed by atoms with Gasteiger partial charge in [0, 0.05) is 30.0 Å². The highest BCUT2D eigenvalue weighted by Crippen LogP contribution is 2.18. The van der Waals surface area contributed by atoms with Gasteiger partial charge in [-0.3, -0.25) is 14.6 Å². The van der Waals surface area contributed by atoms with Crippen molar-refractivity contribution in [3.8, 4) is 0 Å². The minimum Gasteiger partial charge on any atom is -0.329 e. The predicted molar refractivity (Wildman–Crippen MR) is 107 cm³/mol. The zero-order chi connectivity index (χ0) is 18.6. The summed E-state index contributed by atoms with van der Waals surface area (Å²) in [5, 5.41) is 2.81. The summed E-state index contributed by atoms with van der Waals surface area (Å²) in [6.07, 6.45) is 3.43. The van der Waals surface area contributed by atoms with E-state index in [0.29, 0.717) is 17.0 Å². The number of rotatable bonds is 5. The number of hydrogen-bond donors (Lipinski definition) is 1. The summed E-state index contributed by atoms with van der Waals surface area (Å²) in [7, 11) is 0. The number of pyridine rings is 2. The molecule has 0 radical (unpaired) electrons. The summed E-state index contributed by atoms with van der Waals surface area (Å²) >= 11 is 1.39. The molecule has 0 aliphatic heterocycles. The van der Waals surface area contributed by atoms with Crippen LogP contribution in [0.15, 0.2) is 77.2 Å². The van der Waals surface area contributed by atoms with E-state index in [-0.39, 0.29) is 18.0 Å². The van der Waals surface area contributed by atoms with Crippen molar-refractivity contribution in [1.29, 1.82) is 0 Å². The molecular formula is C21H17N3O2S. The molecule has 1 N–H and O–H groups in total. The fraction of sp³-hybridized carbons (Fsp3) is 0.0952. The topological polar surface area (TPSA) is 66.1 Å². The van der Waals surface area contributed by atoms with Crippen LogP contribution in [-0.4, -0.2) is 20.8 Å². The molecule has 0 saturated heterocycles. The Labute approximate surface area is 159 Å². The molecule has 0 fully saturated rings. The van der Waals surface area contributed by atoms with Gasteiger partial charge in [-0.05, 0) is 40.6 Å². The van der Waals surface area contributed by atoms with Gasteiger partial charge in [-0.2, -0.15) is 0 Å². The van der Waals surface area contributed by atoms with Crippen molar-refractivity contribution in [3.05, 3.63) is 98.7 Å². The predicted octanol–water partition coefficient (Wildman–Crippen LogP) is 3.83. The summed E-state index contributed by atoms with van der Waals surface area (Å²) in [5.74, 6) is -0.0959. The SMILES string of the molecule is O=C(c1cccs1)N(Cc1cccnc1)Cc1cc2ccccc2[nH]c1=O. The number of aromatic amines is 1. The summed E-state index contributed by atoms with van der Waals surface area (Å²) in [5.41, 5.74) is 2.08. The van der Waals surface area contributed by atoms with Crippen LogP contribution in [0.4, 0.5) is 0 Å². The minimum absolute atomic E-state index is 0.0959. The maximum atomic E-state index is 13.0. The molecule has 3 heterocycles. The molecule has 1 aromatic carbocycles. The van der Waals surface area contributed by atoms with Gasteiger partial charge >= 0.3 is 0 Å². The second-order valence-electron chi connectivity index (χ2n) is 6.21. The van der Waals surface area contributed by atoms with E-state index >= 15 is 0 Å². The maximum absolute atomic E-state index is 13.0. The number of carbonyl (C=O) groups excluding carboxylic acids is 1. The smallest absolute Gasteiger partial charge is 0.264 e. The first-order valence-electron chi connectivity index (χ1n) is 8.53. The highest BCUT2D eigenvalue weighted by molar-refractivity contribution is 7.12. The number of hydrogen-bond acceptors (Lipinski definition) is 4. The Morgan fingerprint density at radius 3 is 2.74 bits per heavy atom. The number of benzene rings is 1. The van der Waals surface area contributed by atoms with E-state index in [0.717, 1.165) is 16.5 Å². The van der Waals surface area contributed by atoms with Crippen LogP contribution in [-0.2, 0) is 13.1 Å². The van der Waals surface area contributed by atoms with Crippen LogP contribution in [0.25, 0.3) is 10.9 Å². The van der Waals surface area contributed by atoms with Gasteiger partial charge < -0.3 is 9.88 Å². The summed E-state index contributed by atoms with van der Waals surface area (Å²) in [6, 6.07) is 16.9. The van der Waals surface area contributed by atoms with Crippen molar-refractivity contribution in [2.75, 3.05) is 0 Å². The van der Waals surface area contributed by atoms with E-state index in [4.69, 9.17) is 0 Å². The van der Waals surface area contributed by atoms with Crippen LogP contribution in [0.3, 0.4) is 0 Å². The standard InChI is InChI=1S/C21H17N3O2S/c25-20-17(11-16-6-1-2-7-18(16)23-20)14-24(13-15-5-3-9-22-12-15)21(26)19-8-4-10-27-19/h1-12H,13-14H2,(H,23,25). The van der Waals surface area contributed by atoms with Crippen LogP contribution in [0.1, 0.15) is 20.8 Å². The molecular weight excluding hydrogens is 358 g/mol. The normalized spacial score (nSPS) is 10.8. The first-order valence-corrected chi connectivity index (χ1v) is 9.41. The number of amides is 1. The third-order valence-electron chi connectivity index (χ3n) is 4.31. The summed E-state index contributed by atoms with van der Waals surface area (Å²) in [6.45, 7) is 0.614. The minimum atomic E-state index is -0.177. The Hall–Kier alpha value is -3.25.